The van der Waals surface area contributed by atoms with Crippen molar-refractivity contribution in [1.82, 2.24) is 9.97 Å². The van der Waals surface area contributed by atoms with Crippen molar-refractivity contribution in [3.63, 3.8) is 0 Å². The highest BCUT2D eigenvalue weighted by Crippen LogP contribution is 2.19. The molecule has 1 aromatic carbocycles. The maximum atomic E-state index is 13.6. The maximum absolute atomic E-state index is 13.6. The Morgan fingerprint density at radius 2 is 2.05 bits per heavy atom. The number of carbonyl (C=O) groups is 1. The van der Waals surface area contributed by atoms with Gasteiger partial charge in [0.2, 0.25) is 0 Å². The molecule has 0 aliphatic heterocycles. The van der Waals surface area contributed by atoms with Gasteiger partial charge >= 0.3 is 0 Å². The minimum Gasteiger partial charge on any atom is -0.350 e. The lowest BCUT2D eigenvalue weighted by Gasteiger charge is -2.03. The van der Waals surface area contributed by atoms with Gasteiger partial charge in [0.15, 0.2) is 0 Å². The number of H-pyrrole nitrogens is 1. The highest BCUT2D eigenvalue weighted by molar-refractivity contribution is 6.05. The number of nitrogens with zero attached hydrogens (tertiary/aromatic N) is 1. The molecule has 0 bridgehead atoms. The van der Waals surface area contributed by atoms with E-state index in [-0.39, 0.29) is 11.7 Å². The molecule has 0 aliphatic carbocycles. The van der Waals surface area contributed by atoms with Crippen molar-refractivity contribution in [2.24, 2.45) is 0 Å². The van der Waals surface area contributed by atoms with E-state index in [4.69, 9.17) is 0 Å². The smallest absolute Gasteiger partial charge is 0.273 e. The molecular weight excluding hydrogens is 257 g/mol. The van der Waals surface area contributed by atoms with Gasteiger partial charge in [0, 0.05) is 16.6 Å². The van der Waals surface area contributed by atoms with Crippen LogP contribution >= 0.6 is 0 Å². The topological polar surface area (TPSA) is 57.8 Å². The summed E-state index contributed by atoms with van der Waals surface area (Å²) in [6.07, 6.45) is 0. The molecule has 0 unspecified atom stereocenters. The lowest BCUT2D eigenvalue weighted by Crippen LogP contribution is -2.13. The van der Waals surface area contributed by atoms with Crippen LogP contribution in [0.4, 0.5) is 10.2 Å². The minimum atomic E-state index is -0.355. The normalized spacial score (nSPS) is 10.7. The molecule has 20 heavy (non-hydrogen) atoms. The fourth-order valence-corrected chi connectivity index (χ4v) is 2.04. The predicted molar refractivity (Wildman–Crippen MR) is 75.2 cm³/mol. The highest BCUT2D eigenvalue weighted by Gasteiger charge is 2.12. The van der Waals surface area contributed by atoms with E-state index in [0.29, 0.717) is 22.4 Å². The van der Waals surface area contributed by atoms with Crippen LogP contribution in [-0.2, 0) is 0 Å². The number of benzene rings is 1. The van der Waals surface area contributed by atoms with Gasteiger partial charge in [-0.05, 0) is 37.3 Å². The first kappa shape index (κ1) is 12.3. The van der Waals surface area contributed by atoms with Crippen LogP contribution in [0.25, 0.3) is 10.9 Å². The lowest BCUT2D eigenvalue weighted by molar-refractivity contribution is 0.102. The summed E-state index contributed by atoms with van der Waals surface area (Å²) in [6.45, 7) is 1.84. The summed E-state index contributed by atoms with van der Waals surface area (Å²) in [4.78, 5) is 19.2. The number of amides is 1. The first-order chi connectivity index (χ1) is 9.63. The van der Waals surface area contributed by atoms with Crippen LogP contribution in [0, 0.1) is 12.7 Å². The Bertz CT molecular complexity index is 795. The SMILES string of the molecule is Cc1cccc(NC(=O)c2cc3c(F)cccc3[nH]2)n1. The van der Waals surface area contributed by atoms with Crippen molar-refractivity contribution in [3.8, 4) is 0 Å². The zero-order chi connectivity index (χ0) is 14.1. The Kier molecular flexibility index (Phi) is 2.95. The average Bonchev–Trinajstić information content (AvgIpc) is 2.84. The van der Waals surface area contributed by atoms with E-state index in [2.05, 4.69) is 15.3 Å². The van der Waals surface area contributed by atoms with Gasteiger partial charge in [0.05, 0.1) is 0 Å². The number of aromatic nitrogens is 2. The van der Waals surface area contributed by atoms with Gasteiger partial charge in [0.25, 0.3) is 5.91 Å². The van der Waals surface area contributed by atoms with E-state index in [0.717, 1.165) is 5.69 Å². The van der Waals surface area contributed by atoms with Crippen molar-refractivity contribution < 1.29 is 9.18 Å². The number of hydrogen-bond acceptors (Lipinski definition) is 2. The molecule has 0 saturated heterocycles. The first-order valence-corrected chi connectivity index (χ1v) is 6.16. The molecule has 3 aromatic rings. The molecule has 3 rings (SSSR count). The van der Waals surface area contributed by atoms with E-state index in [1.54, 1.807) is 18.2 Å². The third kappa shape index (κ3) is 2.25. The van der Waals surface area contributed by atoms with E-state index in [1.165, 1.54) is 12.1 Å². The molecule has 2 aromatic heterocycles. The lowest BCUT2D eigenvalue weighted by atomic mass is 10.2. The highest BCUT2D eigenvalue weighted by atomic mass is 19.1. The van der Waals surface area contributed by atoms with Crippen LogP contribution in [0.15, 0.2) is 42.5 Å². The summed E-state index contributed by atoms with van der Waals surface area (Å²) in [5, 5.41) is 3.07. The summed E-state index contributed by atoms with van der Waals surface area (Å²) in [5.41, 5.74) is 1.70. The fraction of sp³-hybridized carbons (Fsp3) is 0.0667. The van der Waals surface area contributed by atoms with Gasteiger partial charge in [-0.2, -0.15) is 0 Å². The van der Waals surface area contributed by atoms with E-state index in [9.17, 15) is 9.18 Å². The predicted octanol–water partition coefficient (Wildman–Crippen LogP) is 3.26. The van der Waals surface area contributed by atoms with Crippen LogP contribution in [-0.4, -0.2) is 15.9 Å². The zero-order valence-electron chi connectivity index (χ0n) is 10.8. The second-order valence-electron chi connectivity index (χ2n) is 4.50. The molecule has 1 amide bonds. The van der Waals surface area contributed by atoms with Crippen molar-refractivity contribution in [1.29, 1.82) is 0 Å². The second-order valence-corrected chi connectivity index (χ2v) is 4.50. The monoisotopic (exact) mass is 269 g/mol. The van der Waals surface area contributed by atoms with E-state index in [1.807, 2.05) is 19.1 Å². The quantitative estimate of drug-likeness (QED) is 0.750. The van der Waals surface area contributed by atoms with Crippen LogP contribution in [0.3, 0.4) is 0 Å². The number of aryl methyl sites for hydroxylation is 1. The van der Waals surface area contributed by atoms with Gasteiger partial charge in [0.1, 0.15) is 17.3 Å². The van der Waals surface area contributed by atoms with Gasteiger partial charge < -0.3 is 10.3 Å². The molecule has 0 saturated carbocycles. The van der Waals surface area contributed by atoms with Crippen LogP contribution in [0.1, 0.15) is 16.2 Å². The third-order valence-corrected chi connectivity index (χ3v) is 2.99. The van der Waals surface area contributed by atoms with Gasteiger partial charge in [-0.3, -0.25) is 4.79 Å². The summed E-state index contributed by atoms with van der Waals surface area (Å²) in [5.74, 6) is -0.237. The van der Waals surface area contributed by atoms with Crippen molar-refractivity contribution in [3.05, 3.63) is 59.7 Å². The molecule has 0 fully saturated rings. The van der Waals surface area contributed by atoms with E-state index < -0.39 is 0 Å². The number of halogens is 1. The number of hydrogen-bond donors (Lipinski definition) is 2. The third-order valence-electron chi connectivity index (χ3n) is 2.99. The average molecular weight is 269 g/mol. The van der Waals surface area contributed by atoms with Crippen molar-refractivity contribution >= 4 is 22.6 Å². The van der Waals surface area contributed by atoms with Crippen molar-refractivity contribution in [2.75, 3.05) is 5.32 Å². The molecule has 0 spiro atoms. The van der Waals surface area contributed by atoms with Gasteiger partial charge in [-0.1, -0.05) is 12.1 Å². The number of aromatic amines is 1. The number of rotatable bonds is 2. The molecule has 0 atom stereocenters. The number of anilines is 1. The Hall–Kier alpha value is -2.69. The maximum Gasteiger partial charge on any atom is 0.273 e. The fourth-order valence-electron chi connectivity index (χ4n) is 2.04. The Morgan fingerprint density at radius 3 is 2.80 bits per heavy atom. The molecule has 5 heteroatoms. The molecule has 2 heterocycles. The second kappa shape index (κ2) is 4.77. The summed E-state index contributed by atoms with van der Waals surface area (Å²) < 4.78 is 13.6. The summed E-state index contributed by atoms with van der Waals surface area (Å²) in [7, 11) is 0. The molecule has 0 radical (unpaired) electrons. The first-order valence-electron chi connectivity index (χ1n) is 6.16. The number of carbonyl (C=O) groups excluding carboxylic acids is 1. The van der Waals surface area contributed by atoms with Crippen LogP contribution < -0.4 is 5.32 Å². The molecular formula is C15H12FN3O. The van der Waals surface area contributed by atoms with Gasteiger partial charge in [-0.15, -0.1) is 0 Å². The number of pyridine rings is 1. The number of nitrogens with one attached hydrogen (secondary N) is 2. The Balaban J connectivity index is 1.91. The summed E-state index contributed by atoms with van der Waals surface area (Å²) >= 11 is 0. The Labute approximate surface area is 114 Å². The van der Waals surface area contributed by atoms with E-state index >= 15 is 0 Å². The van der Waals surface area contributed by atoms with Crippen molar-refractivity contribution in [2.45, 2.75) is 6.92 Å². The van der Waals surface area contributed by atoms with Crippen LogP contribution in [0.5, 0.6) is 0 Å². The number of fused-ring (bicyclic) bond motifs is 1. The zero-order valence-corrected chi connectivity index (χ0v) is 10.8. The molecule has 2 N–H and O–H groups in total. The molecule has 4 nitrogen and oxygen atoms in total. The molecule has 0 aliphatic rings. The minimum absolute atomic E-state index is 0.299. The van der Waals surface area contributed by atoms with Crippen LogP contribution in [0.2, 0.25) is 0 Å². The standard InChI is InChI=1S/C15H12FN3O/c1-9-4-2-7-14(17-9)19-15(20)13-8-10-11(16)5-3-6-12(10)18-13/h2-8,18H,1H3,(H,17,19,20). The molecule has 100 valence electrons. The summed E-state index contributed by atoms with van der Waals surface area (Å²) in [6, 6.07) is 11.5. The Morgan fingerprint density at radius 1 is 1.25 bits per heavy atom. The largest absolute Gasteiger partial charge is 0.350 e. The van der Waals surface area contributed by atoms with Gasteiger partial charge in [-0.25, -0.2) is 9.37 Å².